The molecule has 20 heavy (non-hydrogen) atoms. The zero-order valence-electron chi connectivity index (χ0n) is 13.5. The van der Waals surface area contributed by atoms with Gasteiger partial charge in [0.05, 0.1) is 6.54 Å². The fraction of sp³-hybridized carbons (Fsp3) is 0.588. The highest BCUT2D eigenvalue weighted by Crippen LogP contribution is 2.23. The molecule has 3 heteroatoms. The lowest BCUT2D eigenvalue weighted by molar-refractivity contribution is -0.117. The van der Waals surface area contributed by atoms with Gasteiger partial charge >= 0.3 is 0 Å². The van der Waals surface area contributed by atoms with E-state index in [0.717, 1.165) is 25.1 Å². The summed E-state index contributed by atoms with van der Waals surface area (Å²) in [6.07, 6.45) is 2.28. The Hall–Kier alpha value is -1.35. The second-order valence-corrected chi connectivity index (χ2v) is 6.47. The number of hydrogen-bond donors (Lipinski definition) is 1. The Morgan fingerprint density at radius 2 is 1.80 bits per heavy atom. The summed E-state index contributed by atoms with van der Waals surface area (Å²) in [6, 6.07) is 8.11. The van der Waals surface area contributed by atoms with Crippen molar-refractivity contribution in [1.82, 2.24) is 4.90 Å². The molecule has 3 nitrogen and oxygen atoms in total. The summed E-state index contributed by atoms with van der Waals surface area (Å²) in [5, 5.41) is 2.95. The fourth-order valence-electron chi connectivity index (χ4n) is 2.01. The van der Waals surface area contributed by atoms with Crippen LogP contribution in [0.3, 0.4) is 0 Å². The minimum Gasteiger partial charge on any atom is -0.325 e. The van der Waals surface area contributed by atoms with E-state index in [1.807, 2.05) is 19.2 Å². The molecule has 1 amide bonds. The standard InChI is InChI=1S/C17H28N2O/c1-6-7-12-19(5)13-16(20)18-15-10-8-14(9-11-15)17(2,3)4/h8-11H,6-7,12-13H2,1-5H3,(H,18,20). The van der Waals surface area contributed by atoms with Gasteiger partial charge in [-0.25, -0.2) is 0 Å². The lowest BCUT2D eigenvalue weighted by atomic mass is 9.87. The van der Waals surface area contributed by atoms with Crippen molar-refractivity contribution in [3.63, 3.8) is 0 Å². The van der Waals surface area contributed by atoms with Crippen LogP contribution in [-0.2, 0) is 10.2 Å². The topological polar surface area (TPSA) is 32.3 Å². The Bertz CT molecular complexity index is 418. The highest BCUT2D eigenvalue weighted by molar-refractivity contribution is 5.92. The zero-order chi connectivity index (χ0) is 15.2. The minimum absolute atomic E-state index is 0.0483. The molecule has 0 fully saturated rings. The molecular formula is C17H28N2O. The van der Waals surface area contributed by atoms with Gasteiger partial charge in [-0.15, -0.1) is 0 Å². The lowest BCUT2D eigenvalue weighted by Crippen LogP contribution is -2.30. The van der Waals surface area contributed by atoms with Crippen LogP contribution in [-0.4, -0.2) is 30.9 Å². The Balaban J connectivity index is 2.50. The minimum atomic E-state index is 0.0483. The summed E-state index contributed by atoms with van der Waals surface area (Å²) in [5.74, 6) is 0.0483. The van der Waals surface area contributed by atoms with E-state index in [9.17, 15) is 4.79 Å². The first-order chi connectivity index (χ1) is 9.32. The van der Waals surface area contributed by atoms with Crippen LogP contribution in [0.15, 0.2) is 24.3 Å². The van der Waals surface area contributed by atoms with E-state index < -0.39 is 0 Å². The second-order valence-electron chi connectivity index (χ2n) is 6.47. The number of anilines is 1. The predicted molar refractivity (Wildman–Crippen MR) is 86.2 cm³/mol. The van der Waals surface area contributed by atoms with Gasteiger partial charge in [-0.05, 0) is 43.1 Å². The lowest BCUT2D eigenvalue weighted by Gasteiger charge is -2.19. The summed E-state index contributed by atoms with van der Waals surface area (Å²) >= 11 is 0. The number of amides is 1. The van der Waals surface area contributed by atoms with E-state index in [0.29, 0.717) is 6.54 Å². The molecule has 0 radical (unpaired) electrons. The molecule has 1 aromatic rings. The summed E-state index contributed by atoms with van der Waals surface area (Å²) in [4.78, 5) is 14.0. The van der Waals surface area contributed by atoms with Crippen LogP contribution < -0.4 is 5.32 Å². The number of nitrogens with one attached hydrogen (secondary N) is 1. The van der Waals surface area contributed by atoms with Crippen LogP contribution in [0.2, 0.25) is 0 Å². The Morgan fingerprint density at radius 1 is 1.20 bits per heavy atom. The number of likely N-dealkylation sites (N-methyl/N-ethyl adjacent to an activating group) is 1. The Labute approximate surface area is 123 Å². The van der Waals surface area contributed by atoms with Crippen LogP contribution in [0.4, 0.5) is 5.69 Å². The Kier molecular flexibility index (Phi) is 6.21. The van der Waals surface area contributed by atoms with Gasteiger partial charge in [-0.1, -0.05) is 46.2 Å². The molecule has 1 aromatic carbocycles. The summed E-state index contributed by atoms with van der Waals surface area (Å²) in [5.41, 5.74) is 2.28. The highest BCUT2D eigenvalue weighted by atomic mass is 16.2. The molecule has 0 bridgehead atoms. The quantitative estimate of drug-likeness (QED) is 0.860. The first-order valence-corrected chi connectivity index (χ1v) is 7.42. The third kappa shape index (κ3) is 5.74. The number of hydrogen-bond acceptors (Lipinski definition) is 2. The molecule has 0 heterocycles. The molecule has 0 saturated carbocycles. The van der Waals surface area contributed by atoms with Gasteiger partial charge < -0.3 is 5.32 Å². The normalized spacial score (nSPS) is 11.7. The van der Waals surface area contributed by atoms with Crippen LogP contribution in [0.1, 0.15) is 46.1 Å². The number of benzene rings is 1. The van der Waals surface area contributed by atoms with E-state index in [4.69, 9.17) is 0 Å². The van der Waals surface area contributed by atoms with Crippen molar-refractivity contribution in [2.45, 2.75) is 46.0 Å². The van der Waals surface area contributed by atoms with Crippen molar-refractivity contribution in [1.29, 1.82) is 0 Å². The average Bonchev–Trinajstić information content (AvgIpc) is 2.35. The van der Waals surface area contributed by atoms with E-state index >= 15 is 0 Å². The molecule has 0 aliphatic heterocycles. The third-order valence-electron chi connectivity index (χ3n) is 3.34. The monoisotopic (exact) mass is 276 g/mol. The fourth-order valence-corrected chi connectivity index (χ4v) is 2.01. The van der Waals surface area contributed by atoms with E-state index in [1.54, 1.807) is 0 Å². The zero-order valence-corrected chi connectivity index (χ0v) is 13.5. The molecule has 0 aromatic heterocycles. The first kappa shape index (κ1) is 16.7. The molecular weight excluding hydrogens is 248 g/mol. The van der Waals surface area contributed by atoms with Crippen molar-refractivity contribution in [2.75, 3.05) is 25.5 Å². The van der Waals surface area contributed by atoms with Gasteiger partial charge in [0.2, 0.25) is 5.91 Å². The number of carbonyl (C=O) groups excluding carboxylic acids is 1. The molecule has 0 spiro atoms. The molecule has 0 atom stereocenters. The van der Waals surface area contributed by atoms with Crippen LogP contribution in [0.5, 0.6) is 0 Å². The van der Waals surface area contributed by atoms with Crippen molar-refractivity contribution >= 4 is 11.6 Å². The molecule has 0 saturated heterocycles. The number of carbonyl (C=O) groups is 1. The number of rotatable bonds is 6. The molecule has 112 valence electrons. The SMILES string of the molecule is CCCCN(C)CC(=O)Nc1ccc(C(C)(C)C)cc1. The van der Waals surface area contributed by atoms with E-state index in [-0.39, 0.29) is 11.3 Å². The molecule has 1 rings (SSSR count). The molecule has 0 aliphatic carbocycles. The summed E-state index contributed by atoms with van der Waals surface area (Å²) < 4.78 is 0. The van der Waals surface area contributed by atoms with Gasteiger partial charge in [0.1, 0.15) is 0 Å². The van der Waals surface area contributed by atoms with E-state index in [2.05, 4.69) is 50.0 Å². The van der Waals surface area contributed by atoms with Gasteiger partial charge in [-0.3, -0.25) is 9.69 Å². The van der Waals surface area contributed by atoms with Gasteiger partial charge in [0.25, 0.3) is 0 Å². The van der Waals surface area contributed by atoms with Crippen molar-refractivity contribution in [2.24, 2.45) is 0 Å². The largest absolute Gasteiger partial charge is 0.325 e. The number of nitrogens with zero attached hydrogens (tertiary/aromatic N) is 1. The second kappa shape index (κ2) is 7.44. The third-order valence-corrected chi connectivity index (χ3v) is 3.34. The predicted octanol–water partition coefficient (Wildman–Crippen LogP) is 3.65. The van der Waals surface area contributed by atoms with Crippen molar-refractivity contribution in [3.8, 4) is 0 Å². The smallest absolute Gasteiger partial charge is 0.238 e. The number of unbranched alkanes of at least 4 members (excludes halogenated alkanes) is 1. The summed E-state index contributed by atoms with van der Waals surface area (Å²) in [6.45, 7) is 10.1. The van der Waals surface area contributed by atoms with E-state index in [1.165, 1.54) is 5.56 Å². The maximum atomic E-state index is 11.9. The first-order valence-electron chi connectivity index (χ1n) is 7.42. The molecule has 0 unspecified atom stereocenters. The van der Waals surface area contributed by atoms with Gasteiger partial charge in [-0.2, -0.15) is 0 Å². The molecule has 0 aliphatic rings. The van der Waals surface area contributed by atoms with Crippen LogP contribution in [0.25, 0.3) is 0 Å². The van der Waals surface area contributed by atoms with Gasteiger partial charge in [0.15, 0.2) is 0 Å². The summed E-state index contributed by atoms with van der Waals surface area (Å²) in [7, 11) is 1.98. The maximum absolute atomic E-state index is 11.9. The molecule has 1 N–H and O–H groups in total. The highest BCUT2D eigenvalue weighted by Gasteiger charge is 2.13. The Morgan fingerprint density at radius 3 is 2.30 bits per heavy atom. The van der Waals surface area contributed by atoms with Gasteiger partial charge in [0, 0.05) is 5.69 Å². The van der Waals surface area contributed by atoms with Crippen molar-refractivity contribution < 1.29 is 4.79 Å². The van der Waals surface area contributed by atoms with Crippen LogP contribution >= 0.6 is 0 Å². The maximum Gasteiger partial charge on any atom is 0.238 e. The van der Waals surface area contributed by atoms with Crippen LogP contribution in [0, 0.1) is 0 Å². The van der Waals surface area contributed by atoms with Crippen molar-refractivity contribution in [3.05, 3.63) is 29.8 Å². The average molecular weight is 276 g/mol.